The molecule has 36 heavy (non-hydrogen) atoms. The van der Waals surface area contributed by atoms with Crippen molar-refractivity contribution in [1.82, 2.24) is 20.4 Å². The number of carbonyl (C=O) groups excluding carboxylic acids is 3. The second kappa shape index (κ2) is 11.3. The molecule has 2 aliphatic heterocycles. The van der Waals surface area contributed by atoms with Gasteiger partial charge in [0.15, 0.2) is 5.76 Å². The minimum Gasteiger partial charge on any atom is -0.491 e. The average molecular weight is 497 g/mol. The average Bonchev–Trinajstić information content (AvgIpc) is 3.39. The van der Waals surface area contributed by atoms with Gasteiger partial charge < -0.3 is 29.4 Å². The normalized spacial score (nSPS) is 18.6. The number of urea groups is 1. The first kappa shape index (κ1) is 25.3. The molecule has 1 aromatic heterocycles. The van der Waals surface area contributed by atoms with Crippen molar-refractivity contribution in [2.75, 3.05) is 39.3 Å². The number of amides is 3. The third kappa shape index (κ3) is 5.88. The van der Waals surface area contributed by atoms with Gasteiger partial charge in [-0.1, -0.05) is 12.1 Å². The van der Waals surface area contributed by atoms with E-state index in [4.69, 9.17) is 13.9 Å². The summed E-state index contributed by atoms with van der Waals surface area (Å²) in [5.74, 6) is 0.386. The molecule has 4 rings (SSSR count). The predicted molar refractivity (Wildman–Crippen MR) is 131 cm³/mol. The molecule has 1 fully saturated rings. The van der Waals surface area contributed by atoms with E-state index in [1.165, 1.54) is 6.26 Å². The number of nitrogens with zero attached hydrogens (tertiary/aromatic N) is 2. The van der Waals surface area contributed by atoms with E-state index in [1.807, 2.05) is 38.1 Å². The highest BCUT2D eigenvalue weighted by Crippen LogP contribution is 2.30. The molecule has 0 radical (unpaired) electrons. The first-order chi connectivity index (χ1) is 17.4. The second-order valence-corrected chi connectivity index (χ2v) is 8.93. The summed E-state index contributed by atoms with van der Waals surface area (Å²) in [7, 11) is 0. The van der Waals surface area contributed by atoms with Crippen LogP contribution in [0.25, 0.3) is 0 Å². The Morgan fingerprint density at radius 2 is 1.83 bits per heavy atom. The third-order valence-corrected chi connectivity index (χ3v) is 6.01. The Bertz CT molecular complexity index is 1100. The fourth-order valence-corrected chi connectivity index (χ4v) is 4.34. The highest BCUT2D eigenvalue weighted by molar-refractivity contribution is 5.95. The number of nitrogens with one attached hydrogen (secondary N) is 2. The van der Waals surface area contributed by atoms with Crippen molar-refractivity contribution in [3.63, 3.8) is 0 Å². The van der Waals surface area contributed by atoms with Gasteiger partial charge in [0.25, 0.3) is 5.91 Å². The van der Waals surface area contributed by atoms with E-state index in [9.17, 15) is 14.4 Å². The van der Waals surface area contributed by atoms with E-state index in [2.05, 4.69) is 15.5 Å². The molecule has 192 valence electrons. The number of hydrogen-bond acceptors (Lipinski definition) is 7. The summed E-state index contributed by atoms with van der Waals surface area (Å²) in [5.41, 5.74) is 1.61. The standard InChI is InChI=1S/C26H32N4O6/c1-4-34-25(32)22-20(16-29-11-13-30(14-12-29)24(31)21-6-5-15-35-21)27-26(33)28-23(22)18-7-9-19(10-8-18)36-17(2)3/h5-10,15,17,23H,4,11-14,16H2,1-3H3,(H2,27,28,33)/t23-/m0/s1. The van der Waals surface area contributed by atoms with Crippen LogP contribution in [0.3, 0.4) is 0 Å². The Labute approximate surface area is 210 Å². The van der Waals surface area contributed by atoms with E-state index < -0.39 is 18.0 Å². The van der Waals surface area contributed by atoms with Crippen molar-refractivity contribution in [2.45, 2.75) is 32.9 Å². The van der Waals surface area contributed by atoms with Gasteiger partial charge in [0.2, 0.25) is 0 Å². The lowest BCUT2D eigenvalue weighted by atomic mass is 9.94. The van der Waals surface area contributed by atoms with Crippen LogP contribution in [-0.2, 0) is 9.53 Å². The Kier molecular flexibility index (Phi) is 7.94. The van der Waals surface area contributed by atoms with Gasteiger partial charge in [-0.2, -0.15) is 0 Å². The van der Waals surface area contributed by atoms with Gasteiger partial charge >= 0.3 is 12.0 Å². The first-order valence-corrected chi connectivity index (χ1v) is 12.1. The number of furan rings is 1. The van der Waals surface area contributed by atoms with Crippen LogP contribution in [-0.4, -0.2) is 73.1 Å². The molecule has 0 unspecified atom stereocenters. The summed E-state index contributed by atoms with van der Waals surface area (Å²) in [5, 5.41) is 5.67. The zero-order chi connectivity index (χ0) is 25.7. The molecule has 1 atom stereocenters. The van der Waals surface area contributed by atoms with E-state index in [1.54, 1.807) is 24.0 Å². The van der Waals surface area contributed by atoms with Gasteiger partial charge in [0, 0.05) is 38.4 Å². The van der Waals surface area contributed by atoms with Gasteiger partial charge in [0.05, 0.1) is 30.6 Å². The zero-order valence-corrected chi connectivity index (χ0v) is 20.8. The summed E-state index contributed by atoms with van der Waals surface area (Å²) in [6, 6.07) is 9.60. The number of esters is 1. The van der Waals surface area contributed by atoms with Crippen molar-refractivity contribution < 1.29 is 28.3 Å². The summed E-state index contributed by atoms with van der Waals surface area (Å²) in [6.07, 6.45) is 1.51. The smallest absolute Gasteiger partial charge is 0.338 e. The van der Waals surface area contributed by atoms with Gasteiger partial charge in [-0.3, -0.25) is 9.69 Å². The number of benzene rings is 1. The molecule has 10 nitrogen and oxygen atoms in total. The lowest BCUT2D eigenvalue weighted by molar-refractivity contribution is -0.139. The van der Waals surface area contributed by atoms with Crippen LogP contribution in [0.5, 0.6) is 5.75 Å². The molecule has 0 spiro atoms. The van der Waals surface area contributed by atoms with Crippen LogP contribution < -0.4 is 15.4 Å². The Morgan fingerprint density at radius 1 is 1.11 bits per heavy atom. The molecule has 1 saturated heterocycles. The molecule has 0 bridgehead atoms. The monoisotopic (exact) mass is 496 g/mol. The van der Waals surface area contributed by atoms with Crippen molar-refractivity contribution in [3.8, 4) is 5.75 Å². The minimum atomic E-state index is -0.664. The van der Waals surface area contributed by atoms with Gasteiger partial charge in [0.1, 0.15) is 5.75 Å². The molecule has 2 N–H and O–H groups in total. The number of rotatable bonds is 8. The van der Waals surface area contributed by atoms with Crippen molar-refractivity contribution in [3.05, 3.63) is 65.3 Å². The summed E-state index contributed by atoms with van der Waals surface area (Å²) < 4.78 is 16.3. The van der Waals surface area contributed by atoms with Crippen LogP contribution in [0.1, 0.15) is 42.9 Å². The number of piperazine rings is 1. The van der Waals surface area contributed by atoms with Crippen molar-refractivity contribution in [1.29, 1.82) is 0 Å². The molecular weight excluding hydrogens is 464 g/mol. The van der Waals surface area contributed by atoms with Crippen LogP contribution in [0, 0.1) is 0 Å². The summed E-state index contributed by atoms with van der Waals surface area (Å²) >= 11 is 0. The lowest BCUT2D eigenvalue weighted by Gasteiger charge is -2.36. The molecular formula is C26H32N4O6. The Morgan fingerprint density at radius 3 is 2.44 bits per heavy atom. The van der Waals surface area contributed by atoms with E-state index in [0.717, 1.165) is 5.56 Å². The van der Waals surface area contributed by atoms with Gasteiger partial charge in [-0.25, -0.2) is 9.59 Å². The van der Waals surface area contributed by atoms with Crippen LogP contribution in [0.2, 0.25) is 0 Å². The lowest BCUT2D eigenvalue weighted by Crippen LogP contribution is -2.52. The molecule has 3 amide bonds. The first-order valence-electron chi connectivity index (χ1n) is 12.1. The topological polar surface area (TPSA) is 113 Å². The molecule has 0 aliphatic carbocycles. The second-order valence-electron chi connectivity index (χ2n) is 8.93. The maximum Gasteiger partial charge on any atom is 0.338 e. The number of ether oxygens (including phenoxy) is 2. The summed E-state index contributed by atoms with van der Waals surface area (Å²) in [6.45, 7) is 8.38. The van der Waals surface area contributed by atoms with Crippen molar-refractivity contribution in [2.24, 2.45) is 0 Å². The van der Waals surface area contributed by atoms with E-state index >= 15 is 0 Å². The highest BCUT2D eigenvalue weighted by Gasteiger charge is 2.35. The fourth-order valence-electron chi connectivity index (χ4n) is 4.34. The van der Waals surface area contributed by atoms with Crippen molar-refractivity contribution >= 4 is 17.9 Å². The predicted octanol–water partition coefficient (Wildman–Crippen LogP) is 2.70. The molecule has 2 aliphatic rings. The molecule has 10 heteroatoms. The van der Waals surface area contributed by atoms with Crippen LogP contribution in [0.15, 0.2) is 58.3 Å². The van der Waals surface area contributed by atoms with E-state index in [-0.39, 0.29) is 18.6 Å². The maximum absolute atomic E-state index is 13.0. The Hall–Kier alpha value is -3.79. The minimum absolute atomic E-state index is 0.0332. The molecule has 3 heterocycles. The quantitative estimate of drug-likeness (QED) is 0.540. The number of hydrogen-bond donors (Lipinski definition) is 2. The largest absolute Gasteiger partial charge is 0.491 e. The molecule has 0 saturated carbocycles. The Balaban J connectivity index is 1.53. The fraction of sp³-hybridized carbons (Fsp3) is 0.423. The summed E-state index contributed by atoms with van der Waals surface area (Å²) in [4.78, 5) is 42.0. The van der Waals surface area contributed by atoms with Gasteiger partial charge in [-0.05, 0) is 50.6 Å². The van der Waals surface area contributed by atoms with Crippen LogP contribution in [0.4, 0.5) is 4.79 Å². The molecule has 2 aromatic rings. The zero-order valence-electron chi connectivity index (χ0n) is 20.8. The molecule has 1 aromatic carbocycles. The third-order valence-electron chi connectivity index (χ3n) is 6.01. The van der Waals surface area contributed by atoms with Gasteiger partial charge in [-0.15, -0.1) is 0 Å². The SMILES string of the molecule is CCOC(=O)C1=C(CN2CCN(C(=O)c3ccco3)CC2)NC(=O)N[C@H]1c1ccc(OC(C)C)cc1. The van der Waals surface area contributed by atoms with Crippen LogP contribution >= 0.6 is 0 Å². The number of carbonyl (C=O) groups is 3. The maximum atomic E-state index is 13.0. The highest BCUT2D eigenvalue weighted by atomic mass is 16.5. The van der Waals surface area contributed by atoms with E-state index in [0.29, 0.717) is 55.5 Å².